The summed E-state index contributed by atoms with van der Waals surface area (Å²) in [6.07, 6.45) is 0.975. The van der Waals surface area contributed by atoms with Crippen molar-refractivity contribution >= 4 is 15.9 Å². The van der Waals surface area contributed by atoms with Gasteiger partial charge in [0.15, 0.2) is 0 Å². The van der Waals surface area contributed by atoms with Crippen LogP contribution in [-0.2, 0) is 6.42 Å². The number of methoxy groups -OCH3 is 2. The van der Waals surface area contributed by atoms with Gasteiger partial charge in [-0.2, -0.15) is 0 Å². The summed E-state index contributed by atoms with van der Waals surface area (Å²) in [4.78, 5) is 0.0734. The first-order chi connectivity index (χ1) is 10.2. The van der Waals surface area contributed by atoms with Gasteiger partial charge in [0.1, 0.15) is 17.2 Å². The highest BCUT2D eigenvalue weighted by atomic mass is 79.9. The van der Waals surface area contributed by atoms with Crippen molar-refractivity contribution in [3.63, 3.8) is 0 Å². The summed E-state index contributed by atoms with van der Waals surface area (Å²) in [5.74, 6) is 2.60. The van der Waals surface area contributed by atoms with Crippen LogP contribution < -0.4 is 14.2 Å². The molecule has 3 nitrogen and oxygen atoms in total. The summed E-state index contributed by atoms with van der Waals surface area (Å²) < 4.78 is 16.3. The summed E-state index contributed by atoms with van der Waals surface area (Å²) in [5.41, 5.74) is 3.55. The second kappa shape index (κ2) is 5.98. The monoisotopic (exact) mass is 348 g/mol. The largest absolute Gasteiger partial charge is 0.497 e. The van der Waals surface area contributed by atoms with E-state index in [1.807, 2.05) is 24.3 Å². The van der Waals surface area contributed by atoms with E-state index in [2.05, 4.69) is 28.1 Å². The van der Waals surface area contributed by atoms with Crippen LogP contribution in [0.15, 0.2) is 36.4 Å². The zero-order valence-corrected chi connectivity index (χ0v) is 13.6. The number of alkyl halides is 1. The molecule has 4 heteroatoms. The summed E-state index contributed by atoms with van der Waals surface area (Å²) in [5, 5.41) is 0. The van der Waals surface area contributed by atoms with E-state index < -0.39 is 0 Å². The maximum atomic E-state index is 5.56. The van der Waals surface area contributed by atoms with Gasteiger partial charge < -0.3 is 14.2 Å². The van der Waals surface area contributed by atoms with Gasteiger partial charge in [-0.3, -0.25) is 0 Å². The summed E-state index contributed by atoms with van der Waals surface area (Å²) >= 11 is 3.78. The van der Waals surface area contributed by atoms with Crippen LogP contribution in [0.1, 0.15) is 21.5 Å². The fourth-order valence-electron chi connectivity index (χ4n) is 2.57. The van der Waals surface area contributed by atoms with E-state index in [1.54, 1.807) is 14.2 Å². The molecule has 0 radical (unpaired) electrons. The molecule has 1 unspecified atom stereocenters. The van der Waals surface area contributed by atoms with Gasteiger partial charge in [-0.15, -0.1) is 0 Å². The van der Waals surface area contributed by atoms with Gasteiger partial charge in [-0.1, -0.05) is 34.1 Å². The van der Waals surface area contributed by atoms with Crippen molar-refractivity contribution in [3.8, 4) is 17.2 Å². The Balaban J connectivity index is 1.96. The standard InChI is InChI=1S/C17H17BrO3/c1-19-13-4-5-14(16(10-13)20-2)17(18)12-3-6-15-11(9-12)7-8-21-15/h3-6,9-10,17H,7-8H2,1-2H3. The van der Waals surface area contributed by atoms with Gasteiger partial charge in [-0.25, -0.2) is 0 Å². The van der Waals surface area contributed by atoms with Gasteiger partial charge >= 0.3 is 0 Å². The second-order valence-electron chi connectivity index (χ2n) is 4.94. The molecule has 0 aliphatic carbocycles. The maximum Gasteiger partial charge on any atom is 0.127 e. The molecule has 3 rings (SSSR count). The van der Waals surface area contributed by atoms with Crippen molar-refractivity contribution < 1.29 is 14.2 Å². The minimum absolute atomic E-state index is 0.0734. The lowest BCUT2D eigenvalue weighted by atomic mass is 10.0. The lowest BCUT2D eigenvalue weighted by Crippen LogP contribution is -1.98. The number of hydrogen-bond donors (Lipinski definition) is 0. The van der Waals surface area contributed by atoms with Gasteiger partial charge in [0.2, 0.25) is 0 Å². The molecule has 1 aliphatic rings. The topological polar surface area (TPSA) is 27.7 Å². The Hall–Kier alpha value is -1.68. The molecule has 0 bridgehead atoms. The molecule has 0 amide bonds. The molecule has 0 saturated heterocycles. The number of halogens is 1. The molecule has 0 fully saturated rings. The highest BCUT2D eigenvalue weighted by Crippen LogP contribution is 2.40. The first kappa shape index (κ1) is 14.3. The minimum atomic E-state index is 0.0734. The quantitative estimate of drug-likeness (QED) is 0.777. The predicted molar refractivity (Wildman–Crippen MR) is 86.0 cm³/mol. The Morgan fingerprint density at radius 1 is 1.10 bits per heavy atom. The smallest absolute Gasteiger partial charge is 0.127 e. The minimum Gasteiger partial charge on any atom is -0.497 e. The van der Waals surface area contributed by atoms with Crippen molar-refractivity contribution in [1.29, 1.82) is 0 Å². The van der Waals surface area contributed by atoms with Crippen LogP contribution >= 0.6 is 15.9 Å². The van der Waals surface area contributed by atoms with E-state index in [1.165, 1.54) is 11.1 Å². The molecule has 0 N–H and O–H groups in total. The predicted octanol–water partition coefficient (Wildman–Crippen LogP) is 4.12. The van der Waals surface area contributed by atoms with Crippen LogP contribution in [0.2, 0.25) is 0 Å². The van der Waals surface area contributed by atoms with Crippen LogP contribution in [0.25, 0.3) is 0 Å². The lowest BCUT2D eigenvalue weighted by Gasteiger charge is -2.16. The van der Waals surface area contributed by atoms with E-state index in [-0.39, 0.29) is 4.83 Å². The van der Waals surface area contributed by atoms with E-state index in [0.29, 0.717) is 0 Å². The van der Waals surface area contributed by atoms with Crippen molar-refractivity contribution in [2.24, 2.45) is 0 Å². The summed E-state index contributed by atoms with van der Waals surface area (Å²) in [6.45, 7) is 0.775. The Kier molecular flexibility index (Phi) is 4.06. The fraction of sp³-hybridized carbons (Fsp3) is 0.294. The third-order valence-electron chi connectivity index (χ3n) is 3.72. The molecule has 2 aromatic rings. The molecule has 2 aromatic carbocycles. The van der Waals surface area contributed by atoms with Crippen LogP contribution in [0, 0.1) is 0 Å². The summed E-state index contributed by atoms with van der Waals surface area (Å²) in [6, 6.07) is 12.2. The van der Waals surface area contributed by atoms with Crippen molar-refractivity contribution in [2.75, 3.05) is 20.8 Å². The van der Waals surface area contributed by atoms with Gasteiger partial charge in [0.25, 0.3) is 0 Å². The molecular formula is C17H17BrO3. The van der Waals surface area contributed by atoms with E-state index in [4.69, 9.17) is 14.2 Å². The number of ether oxygens (including phenoxy) is 3. The van der Waals surface area contributed by atoms with E-state index in [9.17, 15) is 0 Å². The summed E-state index contributed by atoms with van der Waals surface area (Å²) in [7, 11) is 3.33. The molecule has 0 saturated carbocycles. The Morgan fingerprint density at radius 2 is 1.95 bits per heavy atom. The van der Waals surface area contributed by atoms with Crippen LogP contribution in [-0.4, -0.2) is 20.8 Å². The highest BCUT2D eigenvalue weighted by Gasteiger charge is 2.19. The van der Waals surface area contributed by atoms with Crippen LogP contribution in [0.4, 0.5) is 0 Å². The Labute approximate surface area is 133 Å². The number of rotatable bonds is 4. The zero-order valence-electron chi connectivity index (χ0n) is 12.1. The fourth-order valence-corrected chi connectivity index (χ4v) is 3.23. The molecule has 0 spiro atoms. The van der Waals surface area contributed by atoms with Crippen molar-refractivity contribution in [2.45, 2.75) is 11.2 Å². The van der Waals surface area contributed by atoms with Crippen molar-refractivity contribution in [3.05, 3.63) is 53.1 Å². The van der Waals surface area contributed by atoms with Gasteiger partial charge in [0, 0.05) is 18.1 Å². The zero-order chi connectivity index (χ0) is 14.8. The van der Waals surface area contributed by atoms with E-state index >= 15 is 0 Å². The SMILES string of the molecule is COc1ccc(C(Br)c2ccc3c(c2)CCO3)c(OC)c1. The Morgan fingerprint density at radius 3 is 2.71 bits per heavy atom. The van der Waals surface area contributed by atoms with E-state index in [0.717, 1.165) is 35.8 Å². The molecule has 1 aliphatic heterocycles. The maximum absolute atomic E-state index is 5.56. The highest BCUT2D eigenvalue weighted by molar-refractivity contribution is 9.09. The second-order valence-corrected chi connectivity index (χ2v) is 5.85. The first-order valence-electron chi connectivity index (χ1n) is 6.84. The molecule has 1 atom stereocenters. The third-order valence-corrected chi connectivity index (χ3v) is 4.74. The lowest BCUT2D eigenvalue weighted by molar-refractivity contribution is 0.357. The number of hydrogen-bond acceptors (Lipinski definition) is 3. The molecule has 110 valence electrons. The van der Waals surface area contributed by atoms with Gasteiger partial charge in [0.05, 0.1) is 25.7 Å². The normalized spacial score (nSPS) is 14.2. The molecule has 0 aromatic heterocycles. The average molecular weight is 349 g/mol. The van der Waals surface area contributed by atoms with Gasteiger partial charge in [-0.05, 0) is 23.3 Å². The molecule has 21 heavy (non-hydrogen) atoms. The van der Waals surface area contributed by atoms with Crippen LogP contribution in [0.3, 0.4) is 0 Å². The Bertz CT molecular complexity index is 654. The number of benzene rings is 2. The first-order valence-corrected chi connectivity index (χ1v) is 7.76. The average Bonchev–Trinajstić information content (AvgIpc) is 3.01. The molecule has 1 heterocycles. The third kappa shape index (κ3) is 2.72. The van der Waals surface area contributed by atoms with Crippen molar-refractivity contribution in [1.82, 2.24) is 0 Å². The van der Waals surface area contributed by atoms with Crippen LogP contribution in [0.5, 0.6) is 17.2 Å². The number of fused-ring (bicyclic) bond motifs is 1. The molecular weight excluding hydrogens is 332 g/mol.